The van der Waals surface area contributed by atoms with E-state index < -0.39 is 0 Å². The molecular formula is C15H30OS. The minimum absolute atomic E-state index is 0.725. The molecule has 0 aliphatic rings. The number of rotatable bonds is 14. The van der Waals surface area contributed by atoms with Crippen molar-refractivity contribution in [1.82, 2.24) is 0 Å². The van der Waals surface area contributed by atoms with Crippen LogP contribution in [0.25, 0.3) is 0 Å². The molecule has 0 saturated carbocycles. The first-order chi connectivity index (χ1) is 8.41. The van der Waals surface area contributed by atoms with Crippen molar-refractivity contribution in [3.63, 3.8) is 0 Å². The molecule has 0 unspecified atom stereocenters. The number of carbonyl (C=O) groups excluding carboxylic acids is 1. The summed E-state index contributed by atoms with van der Waals surface area (Å²) in [6, 6.07) is 0. The molecule has 17 heavy (non-hydrogen) atoms. The molecule has 0 bridgehead atoms. The smallest absolute Gasteiger partial charge is 0.120 e. The van der Waals surface area contributed by atoms with E-state index in [1.807, 2.05) is 11.8 Å². The van der Waals surface area contributed by atoms with E-state index in [1.165, 1.54) is 70.0 Å². The maximum Gasteiger partial charge on any atom is 0.120 e. The van der Waals surface area contributed by atoms with Crippen LogP contribution >= 0.6 is 11.8 Å². The summed E-state index contributed by atoms with van der Waals surface area (Å²) in [5.74, 6) is 2.26. The van der Waals surface area contributed by atoms with Gasteiger partial charge >= 0.3 is 0 Å². The monoisotopic (exact) mass is 258 g/mol. The van der Waals surface area contributed by atoms with Gasteiger partial charge in [-0.25, -0.2) is 0 Å². The Morgan fingerprint density at radius 3 is 1.82 bits per heavy atom. The molecule has 0 radical (unpaired) electrons. The van der Waals surface area contributed by atoms with Crippen molar-refractivity contribution >= 4 is 18.0 Å². The first-order valence-corrected chi connectivity index (χ1v) is 8.58. The first kappa shape index (κ1) is 17.0. The van der Waals surface area contributed by atoms with Crippen molar-refractivity contribution < 1.29 is 4.79 Å². The van der Waals surface area contributed by atoms with Crippen LogP contribution < -0.4 is 0 Å². The van der Waals surface area contributed by atoms with E-state index in [4.69, 9.17) is 0 Å². The Hall–Kier alpha value is 0.0200. The van der Waals surface area contributed by atoms with Gasteiger partial charge in [0.2, 0.25) is 0 Å². The first-order valence-electron chi connectivity index (χ1n) is 7.43. The molecule has 0 aliphatic carbocycles. The number of hydrogen-bond donors (Lipinski definition) is 0. The fourth-order valence-corrected chi connectivity index (χ4v) is 2.80. The summed E-state index contributed by atoms with van der Waals surface area (Å²) in [7, 11) is 0. The molecule has 0 aliphatic heterocycles. The summed E-state index contributed by atoms with van der Waals surface area (Å²) < 4.78 is 0. The molecule has 0 aromatic carbocycles. The third kappa shape index (κ3) is 16.0. The lowest BCUT2D eigenvalue weighted by molar-refractivity contribution is -0.107. The fourth-order valence-electron chi connectivity index (χ4n) is 1.93. The largest absolute Gasteiger partial charge is 0.303 e. The Balaban J connectivity index is 2.87. The molecular weight excluding hydrogens is 228 g/mol. The van der Waals surface area contributed by atoms with Gasteiger partial charge < -0.3 is 4.79 Å². The number of aldehydes is 1. The average Bonchev–Trinajstić information content (AvgIpc) is 2.35. The normalized spacial score (nSPS) is 10.6. The topological polar surface area (TPSA) is 17.1 Å². The fraction of sp³-hybridized carbons (Fsp3) is 0.933. The quantitative estimate of drug-likeness (QED) is 0.313. The van der Waals surface area contributed by atoms with Crippen molar-refractivity contribution in [2.45, 2.75) is 77.6 Å². The molecule has 0 atom stereocenters. The van der Waals surface area contributed by atoms with Crippen molar-refractivity contribution in [3.8, 4) is 0 Å². The molecule has 0 rings (SSSR count). The Morgan fingerprint density at radius 1 is 0.765 bits per heavy atom. The Bertz CT molecular complexity index is 148. The van der Waals surface area contributed by atoms with Crippen molar-refractivity contribution in [1.29, 1.82) is 0 Å². The molecule has 0 aromatic heterocycles. The highest BCUT2D eigenvalue weighted by Gasteiger charge is 1.93. The van der Waals surface area contributed by atoms with Crippen LogP contribution in [0.15, 0.2) is 0 Å². The third-order valence-corrected chi connectivity index (χ3v) is 4.12. The van der Waals surface area contributed by atoms with Crippen LogP contribution in [0, 0.1) is 0 Å². The van der Waals surface area contributed by atoms with Gasteiger partial charge in [0.25, 0.3) is 0 Å². The molecule has 102 valence electrons. The van der Waals surface area contributed by atoms with Crippen LogP contribution in [-0.4, -0.2) is 17.8 Å². The maximum absolute atomic E-state index is 10.1. The molecule has 0 amide bonds. The second kappa shape index (κ2) is 16.0. The number of carbonyl (C=O) groups is 1. The zero-order chi connectivity index (χ0) is 12.6. The Labute approximate surface area is 112 Å². The van der Waals surface area contributed by atoms with Crippen molar-refractivity contribution in [2.75, 3.05) is 11.5 Å². The van der Waals surface area contributed by atoms with Crippen LogP contribution in [0.1, 0.15) is 77.6 Å². The summed E-state index contributed by atoms with van der Waals surface area (Å²) in [5, 5.41) is 0. The second-order valence-electron chi connectivity index (χ2n) is 4.75. The van der Waals surface area contributed by atoms with Gasteiger partial charge in [0, 0.05) is 6.42 Å². The van der Waals surface area contributed by atoms with Gasteiger partial charge in [0.15, 0.2) is 0 Å². The van der Waals surface area contributed by atoms with Crippen molar-refractivity contribution in [2.24, 2.45) is 0 Å². The highest BCUT2D eigenvalue weighted by molar-refractivity contribution is 7.99. The third-order valence-electron chi connectivity index (χ3n) is 3.02. The van der Waals surface area contributed by atoms with Gasteiger partial charge in [-0.3, -0.25) is 0 Å². The summed E-state index contributed by atoms with van der Waals surface area (Å²) in [6.07, 6.45) is 15.8. The highest BCUT2D eigenvalue weighted by Crippen LogP contribution is 2.12. The summed E-state index contributed by atoms with van der Waals surface area (Å²) in [5.41, 5.74) is 0. The van der Waals surface area contributed by atoms with Crippen LogP contribution in [0.3, 0.4) is 0 Å². The molecule has 1 nitrogen and oxygen atoms in total. The Kier molecular flexibility index (Phi) is 16.0. The predicted molar refractivity (Wildman–Crippen MR) is 79.9 cm³/mol. The lowest BCUT2D eigenvalue weighted by atomic mass is 10.1. The standard InChI is InChI=1S/C15H30OS/c1-2-3-4-5-6-7-8-9-10-11-14-17-15-12-13-16/h13H,2-12,14-15H2,1H3. The van der Waals surface area contributed by atoms with Gasteiger partial charge in [0.05, 0.1) is 0 Å². The lowest BCUT2D eigenvalue weighted by Gasteiger charge is -2.02. The summed E-state index contributed by atoms with van der Waals surface area (Å²) in [4.78, 5) is 10.1. The molecule has 0 fully saturated rings. The molecule has 2 heteroatoms. The maximum atomic E-state index is 10.1. The molecule has 0 N–H and O–H groups in total. The van der Waals surface area contributed by atoms with E-state index in [0.717, 1.165) is 18.5 Å². The van der Waals surface area contributed by atoms with Gasteiger partial charge in [-0.05, 0) is 17.9 Å². The number of unbranched alkanes of at least 4 members (excludes halogenated alkanes) is 9. The van der Waals surface area contributed by atoms with Crippen LogP contribution in [0.5, 0.6) is 0 Å². The van der Waals surface area contributed by atoms with Crippen LogP contribution in [0.4, 0.5) is 0 Å². The van der Waals surface area contributed by atoms with Gasteiger partial charge in [-0.1, -0.05) is 64.7 Å². The molecule has 0 aromatic rings. The summed E-state index contributed by atoms with van der Waals surface area (Å²) >= 11 is 1.92. The SMILES string of the molecule is CCCCCCCCCCCCSCCC=O. The van der Waals surface area contributed by atoms with E-state index in [0.29, 0.717) is 0 Å². The lowest BCUT2D eigenvalue weighted by Crippen LogP contribution is -1.86. The number of thioether (sulfide) groups is 1. The molecule has 0 heterocycles. The van der Waals surface area contributed by atoms with E-state index in [1.54, 1.807) is 0 Å². The summed E-state index contributed by atoms with van der Waals surface area (Å²) in [6.45, 7) is 2.27. The minimum Gasteiger partial charge on any atom is -0.303 e. The second-order valence-corrected chi connectivity index (χ2v) is 5.97. The van der Waals surface area contributed by atoms with E-state index in [2.05, 4.69) is 6.92 Å². The minimum atomic E-state index is 0.725. The van der Waals surface area contributed by atoms with Gasteiger partial charge in [0.1, 0.15) is 6.29 Å². The Morgan fingerprint density at radius 2 is 1.29 bits per heavy atom. The van der Waals surface area contributed by atoms with E-state index >= 15 is 0 Å². The van der Waals surface area contributed by atoms with E-state index in [9.17, 15) is 4.79 Å². The number of hydrogen-bond acceptors (Lipinski definition) is 2. The molecule has 0 saturated heterocycles. The van der Waals surface area contributed by atoms with Crippen molar-refractivity contribution in [3.05, 3.63) is 0 Å². The highest BCUT2D eigenvalue weighted by atomic mass is 32.2. The van der Waals surface area contributed by atoms with Crippen LogP contribution in [0.2, 0.25) is 0 Å². The zero-order valence-electron chi connectivity index (χ0n) is 11.6. The van der Waals surface area contributed by atoms with Gasteiger partial charge in [-0.15, -0.1) is 0 Å². The van der Waals surface area contributed by atoms with E-state index in [-0.39, 0.29) is 0 Å². The molecule has 0 spiro atoms. The average molecular weight is 258 g/mol. The van der Waals surface area contributed by atoms with Gasteiger partial charge in [-0.2, -0.15) is 11.8 Å². The zero-order valence-corrected chi connectivity index (χ0v) is 12.4. The van der Waals surface area contributed by atoms with Crippen LogP contribution in [-0.2, 0) is 4.79 Å². The predicted octanol–water partition coefficient (Wildman–Crippen LogP) is 5.23.